The zero-order valence-corrected chi connectivity index (χ0v) is 18.3. The number of nitrogens with two attached hydrogens (primary N) is 1. The number of benzene rings is 2. The molecule has 168 valence electrons. The average Bonchev–Trinajstić information content (AvgIpc) is 2.83. The van der Waals surface area contributed by atoms with Crippen LogP contribution in [0.2, 0.25) is 0 Å². The minimum Gasteiger partial charge on any atom is -0.493 e. The Bertz CT molecular complexity index is 1130. The zero-order chi connectivity index (χ0) is 22.1. The van der Waals surface area contributed by atoms with Gasteiger partial charge in [-0.2, -0.15) is 4.98 Å². The number of ether oxygens (including phenoxy) is 4. The molecule has 2 aliphatic rings. The van der Waals surface area contributed by atoms with Crippen molar-refractivity contribution in [1.29, 1.82) is 0 Å². The molecule has 1 saturated heterocycles. The second kappa shape index (κ2) is 8.58. The van der Waals surface area contributed by atoms with E-state index in [-0.39, 0.29) is 0 Å². The van der Waals surface area contributed by atoms with Crippen molar-refractivity contribution in [3.05, 3.63) is 35.9 Å². The Morgan fingerprint density at radius 3 is 2.38 bits per heavy atom. The monoisotopic (exact) mass is 437 g/mol. The van der Waals surface area contributed by atoms with Gasteiger partial charge in [0.25, 0.3) is 0 Å². The lowest BCUT2D eigenvalue weighted by Gasteiger charge is -2.35. The van der Waals surface area contributed by atoms with Crippen LogP contribution < -0.4 is 29.6 Å². The SMILES string of the molecule is COc1cc2nc(N3CCN(Cc4ccc5c(c4)OCCO5)CC3)nc(N)c2cc1OC. The molecule has 2 aliphatic heterocycles. The van der Waals surface area contributed by atoms with Crippen LogP contribution in [0.1, 0.15) is 5.56 Å². The summed E-state index contributed by atoms with van der Waals surface area (Å²) in [4.78, 5) is 13.9. The molecule has 32 heavy (non-hydrogen) atoms. The number of hydrogen-bond acceptors (Lipinski definition) is 9. The number of piperazine rings is 1. The van der Waals surface area contributed by atoms with Gasteiger partial charge in [-0.15, -0.1) is 0 Å². The summed E-state index contributed by atoms with van der Waals surface area (Å²) in [6.07, 6.45) is 0. The summed E-state index contributed by atoms with van der Waals surface area (Å²) in [5, 5.41) is 0.753. The molecular formula is C23H27N5O4. The standard InChI is InChI=1S/C23H27N5O4/c1-29-19-12-16-17(13-20(19)30-2)25-23(26-22(16)24)28-7-5-27(6-8-28)14-15-3-4-18-21(11-15)32-10-9-31-18/h3-4,11-13H,5-10,14H2,1-2H3,(H2,24,25,26). The van der Waals surface area contributed by atoms with Crippen LogP contribution in [-0.4, -0.2) is 68.5 Å². The second-order valence-corrected chi connectivity index (χ2v) is 7.87. The second-order valence-electron chi connectivity index (χ2n) is 7.87. The van der Waals surface area contributed by atoms with Gasteiger partial charge in [0.15, 0.2) is 23.0 Å². The largest absolute Gasteiger partial charge is 0.493 e. The van der Waals surface area contributed by atoms with Gasteiger partial charge in [-0.3, -0.25) is 4.90 Å². The van der Waals surface area contributed by atoms with Crippen LogP contribution in [0.5, 0.6) is 23.0 Å². The van der Waals surface area contributed by atoms with Gasteiger partial charge in [-0.1, -0.05) is 6.07 Å². The summed E-state index contributed by atoms with van der Waals surface area (Å²) in [5.74, 6) is 3.96. The Kier molecular flexibility index (Phi) is 5.48. The molecule has 3 aromatic rings. The Hall–Kier alpha value is -3.46. The van der Waals surface area contributed by atoms with E-state index < -0.39 is 0 Å². The first-order valence-electron chi connectivity index (χ1n) is 10.7. The number of hydrogen-bond donors (Lipinski definition) is 1. The molecule has 5 rings (SSSR count). The minimum atomic E-state index is 0.435. The highest BCUT2D eigenvalue weighted by Crippen LogP contribution is 2.34. The molecule has 1 fully saturated rings. The van der Waals surface area contributed by atoms with Gasteiger partial charge >= 0.3 is 0 Å². The number of nitrogen functional groups attached to an aromatic ring is 1. The summed E-state index contributed by atoms with van der Waals surface area (Å²) < 4.78 is 22.1. The third-order valence-electron chi connectivity index (χ3n) is 5.89. The topological polar surface area (TPSA) is 95.2 Å². The number of anilines is 2. The van der Waals surface area contributed by atoms with E-state index in [1.807, 2.05) is 18.2 Å². The summed E-state index contributed by atoms with van der Waals surface area (Å²) >= 11 is 0. The van der Waals surface area contributed by atoms with Gasteiger partial charge < -0.3 is 29.6 Å². The predicted octanol–water partition coefficient (Wildman–Crippen LogP) is 2.32. The summed E-state index contributed by atoms with van der Waals surface area (Å²) in [7, 11) is 3.20. The van der Waals surface area contributed by atoms with Gasteiger partial charge in [-0.05, 0) is 23.8 Å². The van der Waals surface area contributed by atoms with Crippen LogP contribution in [0.4, 0.5) is 11.8 Å². The van der Waals surface area contributed by atoms with Crippen LogP contribution in [0.15, 0.2) is 30.3 Å². The van der Waals surface area contributed by atoms with E-state index in [4.69, 9.17) is 29.7 Å². The Labute approximate surface area is 186 Å². The Morgan fingerprint density at radius 1 is 0.906 bits per heavy atom. The van der Waals surface area contributed by atoms with Crippen LogP contribution in [0, 0.1) is 0 Å². The molecule has 3 heterocycles. The van der Waals surface area contributed by atoms with E-state index in [0.29, 0.717) is 36.5 Å². The predicted molar refractivity (Wildman–Crippen MR) is 122 cm³/mol. The molecule has 0 amide bonds. The Balaban J connectivity index is 1.28. The lowest BCUT2D eigenvalue weighted by atomic mass is 10.1. The van der Waals surface area contributed by atoms with Gasteiger partial charge in [0, 0.05) is 44.2 Å². The molecule has 2 aromatic carbocycles. The molecule has 0 unspecified atom stereocenters. The van der Waals surface area contributed by atoms with Crippen LogP contribution >= 0.6 is 0 Å². The molecule has 0 spiro atoms. The third-order valence-corrected chi connectivity index (χ3v) is 5.89. The van der Waals surface area contributed by atoms with Crippen molar-refractivity contribution < 1.29 is 18.9 Å². The maximum Gasteiger partial charge on any atom is 0.227 e. The molecule has 2 N–H and O–H groups in total. The molecular weight excluding hydrogens is 410 g/mol. The maximum absolute atomic E-state index is 6.26. The highest BCUT2D eigenvalue weighted by molar-refractivity contribution is 5.91. The minimum absolute atomic E-state index is 0.435. The van der Waals surface area contributed by atoms with E-state index >= 15 is 0 Å². The van der Waals surface area contributed by atoms with Crippen molar-refractivity contribution in [1.82, 2.24) is 14.9 Å². The molecule has 9 nitrogen and oxygen atoms in total. The van der Waals surface area contributed by atoms with E-state index in [1.54, 1.807) is 14.2 Å². The third kappa shape index (κ3) is 3.91. The van der Waals surface area contributed by atoms with Gasteiger partial charge in [-0.25, -0.2) is 4.98 Å². The molecule has 0 saturated carbocycles. The fourth-order valence-electron chi connectivity index (χ4n) is 4.16. The fraction of sp³-hybridized carbons (Fsp3) is 0.391. The van der Waals surface area contributed by atoms with Crippen LogP contribution in [0.3, 0.4) is 0 Å². The highest BCUT2D eigenvalue weighted by Gasteiger charge is 2.22. The van der Waals surface area contributed by atoms with Gasteiger partial charge in [0.05, 0.1) is 19.7 Å². The number of rotatable bonds is 5. The molecule has 0 atom stereocenters. The van der Waals surface area contributed by atoms with E-state index in [9.17, 15) is 0 Å². The first-order valence-corrected chi connectivity index (χ1v) is 10.7. The van der Waals surface area contributed by atoms with Crippen molar-refractivity contribution in [3.8, 4) is 23.0 Å². The van der Waals surface area contributed by atoms with Crippen molar-refractivity contribution in [2.45, 2.75) is 6.54 Å². The summed E-state index contributed by atoms with van der Waals surface area (Å²) in [5.41, 5.74) is 8.21. The molecule has 0 aliphatic carbocycles. The van der Waals surface area contributed by atoms with Crippen molar-refractivity contribution >= 4 is 22.7 Å². The van der Waals surface area contributed by atoms with Crippen molar-refractivity contribution in [2.75, 3.05) is 64.2 Å². The van der Waals surface area contributed by atoms with Crippen molar-refractivity contribution in [2.24, 2.45) is 0 Å². The average molecular weight is 438 g/mol. The number of methoxy groups -OCH3 is 2. The quantitative estimate of drug-likeness (QED) is 0.645. The highest BCUT2D eigenvalue weighted by atomic mass is 16.6. The van der Waals surface area contributed by atoms with Crippen LogP contribution in [0.25, 0.3) is 10.9 Å². The van der Waals surface area contributed by atoms with E-state index in [2.05, 4.69) is 26.9 Å². The van der Waals surface area contributed by atoms with Crippen LogP contribution in [-0.2, 0) is 6.54 Å². The molecule has 9 heteroatoms. The Morgan fingerprint density at radius 2 is 1.62 bits per heavy atom. The fourth-order valence-corrected chi connectivity index (χ4v) is 4.16. The first kappa shape index (κ1) is 20.4. The maximum atomic E-state index is 6.26. The smallest absolute Gasteiger partial charge is 0.227 e. The lowest BCUT2D eigenvalue weighted by molar-refractivity contribution is 0.171. The number of aromatic nitrogens is 2. The number of fused-ring (bicyclic) bond motifs is 2. The van der Waals surface area contributed by atoms with Crippen molar-refractivity contribution in [3.63, 3.8) is 0 Å². The first-order chi connectivity index (χ1) is 15.6. The van der Waals surface area contributed by atoms with E-state index in [0.717, 1.165) is 55.1 Å². The molecule has 0 radical (unpaired) electrons. The normalized spacial score (nSPS) is 16.2. The lowest BCUT2D eigenvalue weighted by Crippen LogP contribution is -2.46. The summed E-state index contributed by atoms with van der Waals surface area (Å²) in [6.45, 7) is 5.52. The number of nitrogens with zero attached hydrogens (tertiary/aromatic N) is 4. The molecule has 1 aromatic heterocycles. The molecule has 0 bridgehead atoms. The zero-order valence-electron chi connectivity index (χ0n) is 18.3. The van der Waals surface area contributed by atoms with E-state index in [1.165, 1.54) is 5.56 Å². The van der Waals surface area contributed by atoms with Gasteiger partial charge in [0.2, 0.25) is 5.95 Å². The van der Waals surface area contributed by atoms with Gasteiger partial charge in [0.1, 0.15) is 19.0 Å². The summed E-state index contributed by atoms with van der Waals surface area (Å²) in [6, 6.07) is 9.84.